The van der Waals surface area contributed by atoms with Crippen molar-refractivity contribution in [2.24, 2.45) is 0 Å². The van der Waals surface area contributed by atoms with Crippen molar-refractivity contribution in [3.63, 3.8) is 0 Å². The average molecular weight is 353 g/mol. The summed E-state index contributed by atoms with van der Waals surface area (Å²) in [6.07, 6.45) is 0. The third-order valence-electron chi connectivity index (χ3n) is 4.23. The molecule has 0 spiro atoms. The van der Waals surface area contributed by atoms with Crippen molar-refractivity contribution in [2.45, 2.75) is 6.92 Å². The van der Waals surface area contributed by atoms with Crippen molar-refractivity contribution in [3.05, 3.63) is 59.7 Å². The van der Waals surface area contributed by atoms with E-state index in [9.17, 15) is 9.59 Å². The van der Waals surface area contributed by atoms with Crippen molar-refractivity contribution < 1.29 is 14.3 Å². The van der Waals surface area contributed by atoms with E-state index in [1.54, 1.807) is 11.0 Å². The number of anilines is 2. The molecule has 26 heavy (non-hydrogen) atoms. The van der Waals surface area contributed by atoms with Crippen LogP contribution in [0.4, 0.5) is 11.4 Å². The molecule has 0 aliphatic carbocycles. The maximum atomic E-state index is 12.3. The van der Waals surface area contributed by atoms with Crippen molar-refractivity contribution in [2.75, 3.05) is 43.5 Å². The summed E-state index contributed by atoms with van der Waals surface area (Å²) in [5, 5.41) is 5.99. The van der Waals surface area contributed by atoms with Gasteiger partial charge in [-0.05, 0) is 43.3 Å². The summed E-state index contributed by atoms with van der Waals surface area (Å²) in [7, 11) is 0. The van der Waals surface area contributed by atoms with E-state index in [-0.39, 0.29) is 18.4 Å². The number of nitrogens with one attached hydrogen (secondary N) is 2. The van der Waals surface area contributed by atoms with Crippen LogP contribution in [0.5, 0.6) is 0 Å². The van der Waals surface area contributed by atoms with Gasteiger partial charge in [-0.1, -0.05) is 17.7 Å². The molecule has 0 atom stereocenters. The second-order valence-electron chi connectivity index (χ2n) is 6.25. The Morgan fingerprint density at radius 2 is 1.73 bits per heavy atom. The molecule has 2 amide bonds. The molecule has 3 rings (SSSR count). The number of rotatable bonds is 5. The lowest BCUT2D eigenvalue weighted by atomic mass is 10.1. The highest BCUT2D eigenvalue weighted by Gasteiger charge is 2.16. The Morgan fingerprint density at radius 3 is 2.42 bits per heavy atom. The van der Waals surface area contributed by atoms with Gasteiger partial charge in [-0.15, -0.1) is 0 Å². The lowest BCUT2D eigenvalue weighted by Gasteiger charge is -2.27. The van der Waals surface area contributed by atoms with Gasteiger partial charge < -0.3 is 20.3 Å². The van der Waals surface area contributed by atoms with Crippen LogP contribution in [0.3, 0.4) is 0 Å². The molecule has 0 bridgehead atoms. The largest absolute Gasteiger partial charge is 0.378 e. The molecule has 1 aliphatic rings. The molecule has 6 nitrogen and oxygen atoms in total. The van der Waals surface area contributed by atoms with Gasteiger partial charge in [0.1, 0.15) is 0 Å². The molecule has 6 heteroatoms. The molecule has 0 radical (unpaired) electrons. The van der Waals surface area contributed by atoms with E-state index >= 15 is 0 Å². The molecular formula is C20H23N3O3. The molecule has 136 valence electrons. The van der Waals surface area contributed by atoms with E-state index in [4.69, 9.17) is 4.74 Å². The van der Waals surface area contributed by atoms with Gasteiger partial charge >= 0.3 is 0 Å². The van der Waals surface area contributed by atoms with E-state index in [0.717, 1.165) is 11.3 Å². The smallest absolute Gasteiger partial charge is 0.255 e. The first-order valence-electron chi connectivity index (χ1n) is 8.69. The van der Waals surface area contributed by atoms with Crippen LogP contribution in [0.15, 0.2) is 48.5 Å². The molecule has 1 fully saturated rings. The van der Waals surface area contributed by atoms with Crippen LogP contribution in [0.1, 0.15) is 15.9 Å². The van der Waals surface area contributed by atoms with Gasteiger partial charge in [0, 0.05) is 30.0 Å². The SMILES string of the molecule is Cc1cccc(C(=O)Nc2ccc(NCC(=O)N3CCOCC3)cc2)c1. The van der Waals surface area contributed by atoms with Crippen molar-refractivity contribution in [1.82, 2.24) is 4.90 Å². The zero-order valence-corrected chi connectivity index (χ0v) is 14.8. The minimum absolute atomic E-state index is 0.0603. The molecule has 2 N–H and O–H groups in total. The van der Waals surface area contributed by atoms with Gasteiger partial charge in [0.25, 0.3) is 5.91 Å². The number of carbonyl (C=O) groups is 2. The van der Waals surface area contributed by atoms with Crippen LogP contribution in [0.25, 0.3) is 0 Å². The number of hydrogen-bond acceptors (Lipinski definition) is 4. The molecule has 0 aromatic heterocycles. The van der Waals surface area contributed by atoms with Crippen LogP contribution in [0.2, 0.25) is 0 Å². The van der Waals surface area contributed by atoms with Gasteiger partial charge in [0.05, 0.1) is 19.8 Å². The minimum Gasteiger partial charge on any atom is -0.378 e. The summed E-state index contributed by atoms with van der Waals surface area (Å²) in [6, 6.07) is 14.8. The van der Waals surface area contributed by atoms with Crippen molar-refractivity contribution in [3.8, 4) is 0 Å². The predicted molar refractivity (Wildman–Crippen MR) is 101 cm³/mol. The Kier molecular flexibility index (Phi) is 5.86. The van der Waals surface area contributed by atoms with E-state index < -0.39 is 0 Å². The Balaban J connectivity index is 1.51. The number of carbonyl (C=O) groups excluding carboxylic acids is 2. The van der Waals surface area contributed by atoms with Gasteiger partial charge in [-0.2, -0.15) is 0 Å². The van der Waals surface area contributed by atoms with E-state index in [1.165, 1.54) is 0 Å². The second-order valence-corrected chi connectivity index (χ2v) is 6.25. The first-order chi connectivity index (χ1) is 12.6. The highest BCUT2D eigenvalue weighted by Crippen LogP contribution is 2.15. The summed E-state index contributed by atoms with van der Waals surface area (Å²) in [4.78, 5) is 26.2. The number of nitrogens with zero attached hydrogens (tertiary/aromatic N) is 1. The lowest BCUT2D eigenvalue weighted by Crippen LogP contribution is -2.43. The Hall–Kier alpha value is -2.86. The number of morpholine rings is 1. The number of benzene rings is 2. The zero-order valence-electron chi connectivity index (χ0n) is 14.8. The van der Waals surface area contributed by atoms with Gasteiger partial charge in [-0.3, -0.25) is 9.59 Å². The fourth-order valence-electron chi connectivity index (χ4n) is 2.76. The summed E-state index contributed by atoms with van der Waals surface area (Å²) in [6.45, 7) is 4.68. The van der Waals surface area contributed by atoms with E-state index in [1.807, 2.05) is 49.4 Å². The molecule has 1 heterocycles. The van der Waals surface area contributed by atoms with Crippen LogP contribution >= 0.6 is 0 Å². The maximum absolute atomic E-state index is 12.3. The topological polar surface area (TPSA) is 70.7 Å². The fourth-order valence-corrected chi connectivity index (χ4v) is 2.76. The van der Waals surface area contributed by atoms with E-state index in [0.29, 0.717) is 37.6 Å². The van der Waals surface area contributed by atoms with E-state index in [2.05, 4.69) is 10.6 Å². The molecule has 1 aliphatic heterocycles. The fraction of sp³-hybridized carbons (Fsp3) is 0.300. The molecule has 2 aromatic rings. The Morgan fingerprint density at radius 1 is 1.04 bits per heavy atom. The van der Waals surface area contributed by atoms with Crippen molar-refractivity contribution >= 4 is 23.2 Å². The quantitative estimate of drug-likeness (QED) is 0.867. The molecule has 0 saturated carbocycles. The first kappa shape index (κ1) is 17.9. The van der Waals surface area contributed by atoms with Gasteiger partial charge in [0.2, 0.25) is 5.91 Å². The number of ether oxygens (including phenoxy) is 1. The highest BCUT2D eigenvalue weighted by atomic mass is 16.5. The first-order valence-corrected chi connectivity index (χ1v) is 8.69. The predicted octanol–water partition coefficient (Wildman–Crippen LogP) is 2.52. The summed E-state index contributed by atoms with van der Waals surface area (Å²) >= 11 is 0. The normalized spacial score (nSPS) is 14.0. The van der Waals surface area contributed by atoms with Crippen LogP contribution in [-0.2, 0) is 9.53 Å². The summed E-state index contributed by atoms with van der Waals surface area (Å²) < 4.78 is 5.25. The lowest BCUT2D eigenvalue weighted by molar-refractivity contribution is -0.133. The van der Waals surface area contributed by atoms with Gasteiger partial charge in [0.15, 0.2) is 0 Å². The number of amides is 2. The number of hydrogen-bond donors (Lipinski definition) is 2. The minimum atomic E-state index is -0.142. The monoisotopic (exact) mass is 353 g/mol. The summed E-state index contributed by atoms with van der Waals surface area (Å²) in [5.41, 5.74) is 3.21. The van der Waals surface area contributed by atoms with Gasteiger partial charge in [-0.25, -0.2) is 0 Å². The number of aryl methyl sites for hydroxylation is 1. The molecule has 1 saturated heterocycles. The summed E-state index contributed by atoms with van der Waals surface area (Å²) in [5.74, 6) is -0.0815. The third-order valence-corrected chi connectivity index (χ3v) is 4.23. The third kappa shape index (κ3) is 4.83. The highest BCUT2D eigenvalue weighted by molar-refractivity contribution is 6.04. The van der Waals surface area contributed by atoms with Crippen LogP contribution in [-0.4, -0.2) is 49.6 Å². The molecule has 0 unspecified atom stereocenters. The Labute approximate surface area is 153 Å². The van der Waals surface area contributed by atoms with Crippen molar-refractivity contribution in [1.29, 1.82) is 0 Å². The Bertz CT molecular complexity index is 768. The maximum Gasteiger partial charge on any atom is 0.255 e. The standard InChI is InChI=1S/C20H23N3O3/c1-15-3-2-4-16(13-15)20(25)22-18-7-5-17(6-8-18)21-14-19(24)23-9-11-26-12-10-23/h2-8,13,21H,9-12,14H2,1H3,(H,22,25). The average Bonchev–Trinajstić information content (AvgIpc) is 2.68. The zero-order chi connectivity index (χ0) is 18.4. The van der Waals surface area contributed by atoms with Crippen LogP contribution in [0, 0.1) is 6.92 Å². The molecular weight excluding hydrogens is 330 g/mol. The van der Waals surface area contributed by atoms with Crippen LogP contribution < -0.4 is 10.6 Å². The molecule has 2 aromatic carbocycles. The second kappa shape index (κ2) is 8.49.